The third kappa shape index (κ3) is 4.13. The molecule has 3 rings (SSSR count). The molecule has 2 aromatic carbocycles. The molecule has 0 saturated carbocycles. The quantitative estimate of drug-likeness (QED) is 0.917. The monoisotopic (exact) mass is 339 g/mol. The number of hydrogen-bond acceptors (Lipinski definition) is 3. The Morgan fingerprint density at radius 2 is 1.96 bits per heavy atom. The number of methoxy groups -OCH3 is 1. The molecule has 4 nitrogen and oxygen atoms in total. The van der Waals surface area contributed by atoms with Gasteiger partial charge in [-0.1, -0.05) is 24.3 Å². The first-order chi connectivity index (χ1) is 11.9. The van der Waals surface area contributed by atoms with Crippen LogP contribution in [0, 0.1) is 6.92 Å². The van der Waals surface area contributed by atoms with Crippen molar-refractivity contribution in [3.05, 3.63) is 59.2 Å². The van der Waals surface area contributed by atoms with E-state index in [2.05, 4.69) is 31.3 Å². The number of fused-ring (bicyclic) bond motifs is 1. The predicted molar refractivity (Wildman–Crippen MR) is 98.1 cm³/mol. The fourth-order valence-corrected chi connectivity index (χ4v) is 3.26. The number of rotatable bonds is 4. The minimum atomic E-state index is -0.307. The molecule has 2 aromatic rings. The molecule has 4 heteroatoms. The first-order valence-corrected chi connectivity index (χ1v) is 8.58. The summed E-state index contributed by atoms with van der Waals surface area (Å²) in [5, 5.41) is 3.18. The third-order valence-electron chi connectivity index (χ3n) is 4.49. The van der Waals surface area contributed by atoms with Crippen LogP contribution in [0.1, 0.15) is 43.0 Å². The van der Waals surface area contributed by atoms with Gasteiger partial charge in [0.2, 0.25) is 5.91 Å². The van der Waals surface area contributed by atoms with Crippen LogP contribution in [0.2, 0.25) is 0 Å². The molecule has 132 valence electrons. The van der Waals surface area contributed by atoms with Gasteiger partial charge in [0.1, 0.15) is 17.1 Å². The fraction of sp³-hybridized carbons (Fsp3) is 0.381. The van der Waals surface area contributed by atoms with Crippen LogP contribution in [0.4, 0.5) is 0 Å². The maximum absolute atomic E-state index is 12.5. The van der Waals surface area contributed by atoms with E-state index in [-0.39, 0.29) is 17.6 Å². The van der Waals surface area contributed by atoms with Crippen molar-refractivity contribution >= 4 is 5.91 Å². The van der Waals surface area contributed by atoms with Gasteiger partial charge in [-0.15, -0.1) is 0 Å². The minimum Gasteiger partial charge on any atom is -0.497 e. The zero-order chi connectivity index (χ0) is 18.0. The maximum Gasteiger partial charge on any atom is 0.224 e. The minimum absolute atomic E-state index is 0.0133. The number of carbonyl (C=O) groups is 1. The summed E-state index contributed by atoms with van der Waals surface area (Å²) in [6.45, 7) is 6.16. The van der Waals surface area contributed by atoms with E-state index >= 15 is 0 Å². The van der Waals surface area contributed by atoms with Crippen molar-refractivity contribution in [2.75, 3.05) is 7.11 Å². The van der Waals surface area contributed by atoms with Gasteiger partial charge < -0.3 is 14.8 Å². The van der Waals surface area contributed by atoms with Crippen LogP contribution in [-0.4, -0.2) is 18.6 Å². The summed E-state index contributed by atoms with van der Waals surface area (Å²) >= 11 is 0. The zero-order valence-corrected chi connectivity index (χ0v) is 15.3. The molecule has 25 heavy (non-hydrogen) atoms. The Morgan fingerprint density at radius 1 is 1.24 bits per heavy atom. The number of amides is 1. The molecular weight excluding hydrogens is 314 g/mol. The van der Waals surface area contributed by atoms with Crippen molar-refractivity contribution in [2.24, 2.45) is 0 Å². The molecule has 0 fully saturated rings. The van der Waals surface area contributed by atoms with E-state index in [1.54, 1.807) is 7.11 Å². The van der Waals surface area contributed by atoms with Crippen molar-refractivity contribution in [2.45, 2.75) is 45.3 Å². The first-order valence-electron chi connectivity index (χ1n) is 8.58. The van der Waals surface area contributed by atoms with Gasteiger partial charge in [0.15, 0.2) is 0 Å². The summed E-state index contributed by atoms with van der Waals surface area (Å²) in [5.74, 6) is 1.67. The average Bonchev–Trinajstić information content (AvgIpc) is 2.54. The van der Waals surface area contributed by atoms with E-state index in [0.29, 0.717) is 6.42 Å². The molecule has 0 bridgehead atoms. The Kier molecular flexibility index (Phi) is 4.71. The van der Waals surface area contributed by atoms with E-state index in [4.69, 9.17) is 9.47 Å². The second-order valence-electron chi connectivity index (χ2n) is 7.25. The Balaban J connectivity index is 1.74. The van der Waals surface area contributed by atoms with Crippen LogP contribution in [0.15, 0.2) is 42.5 Å². The smallest absolute Gasteiger partial charge is 0.224 e. The van der Waals surface area contributed by atoms with Crippen LogP contribution in [0.5, 0.6) is 11.5 Å². The standard InChI is InChI=1S/C21H25NO3/c1-14-5-10-17-18(13-21(2,3)25-19(17)11-14)22-20(23)12-15-6-8-16(24-4)9-7-15/h5-11,18H,12-13H2,1-4H3,(H,22,23). The van der Waals surface area contributed by atoms with Crippen LogP contribution in [-0.2, 0) is 11.2 Å². The van der Waals surface area contributed by atoms with Gasteiger partial charge in [0, 0.05) is 12.0 Å². The molecule has 0 saturated heterocycles. The molecule has 1 heterocycles. The molecule has 1 unspecified atom stereocenters. The summed E-state index contributed by atoms with van der Waals surface area (Å²) in [5.41, 5.74) is 2.86. The Hall–Kier alpha value is -2.49. The molecule has 1 N–H and O–H groups in total. The van der Waals surface area contributed by atoms with E-state index in [1.165, 1.54) is 0 Å². The molecule has 0 spiro atoms. The lowest BCUT2D eigenvalue weighted by Gasteiger charge is -2.38. The van der Waals surface area contributed by atoms with Crippen molar-refractivity contribution in [1.82, 2.24) is 5.32 Å². The molecule has 1 atom stereocenters. The Morgan fingerprint density at radius 3 is 2.64 bits per heavy atom. The number of carbonyl (C=O) groups excluding carboxylic acids is 1. The fourth-order valence-electron chi connectivity index (χ4n) is 3.26. The molecule has 1 amide bonds. The highest BCUT2D eigenvalue weighted by Gasteiger charge is 2.34. The lowest BCUT2D eigenvalue weighted by Crippen LogP contribution is -2.41. The van der Waals surface area contributed by atoms with Crippen LogP contribution in [0.25, 0.3) is 0 Å². The van der Waals surface area contributed by atoms with E-state index in [1.807, 2.05) is 37.3 Å². The third-order valence-corrected chi connectivity index (χ3v) is 4.49. The lowest BCUT2D eigenvalue weighted by atomic mass is 9.89. The molecular formula is C21H25NO3. The topological polar surface area (TPSA) is 47.6 Å². The highest BCUT2D eigenvalue weighted by atomic mass is 16.5. The Bertz CT molecular complexity index is 765. The molecule has 1 aliphatic heterocycles. The Labute approximate surface area is 149 Å². The average molecular weight is 339 g/mol. The van der Waals surface area contributed by atoms with Crippen LogP contribution < -0.4 is 14.8 Å². The molecule has 0 radical (unpaired) electrons. The van der Waals surface area contributed by atoms with Crippen molar-refractivity contribution in [3.8, 4) is 11.5 Å². The second kappa shape index (κ2) is 6.79. The maximum atomic E-state index is 12.5. The number of aryl methyl sites for hydroxylation is 1. The lowest BCUT2D eigenvalue weighted by molar-refractivity contribution is -0.121. The van der Waals surface area contributed by atoms with Gasteiger partial charge in [0.25, 0.3) is 0 Å². The van der Waals surface area contributed by atoms with Gasteiger partial charge in [-0.3, -0.25) is 4.79 Å². The summed E-state index contributed by atoms with van der Waals surface area (Å²) in [6, 6.07) is 13.7. The van der Waals surface area contributed by atoms with Gasteiger partial charge in [-0.2, -0.15) is 0 Å². The SMILES string of the molecule is COc1ccc(CC(=O)NC2CC(C)(C)Oc3cc(C)ccc32)cc1. The van der Waals surface area contributed by atoms with Crippen LogP contribution >= 0.6 is 0 Å². The van der Waals surface area contributed by atoms with E-state index in [9.17, 15) is 4.79 Å². The number of ether oxygens (including phenoxy) is 2. The van der Waals surface area contributed by atoms with Gasteiger partial charge >= 0.3 is 0 Å². The highest BCUT2D eigenvalue weighted by Crippen LogP contribution is 2.39. The van der Waals surface area contributed by atoms with Crippen molar-refractivity contribution in [3.63, 3.8) is 0 Å². The van der Waals surface area contributed by atoms with Gasteiger partial charge in [-0.05, 0) is 50.1 Å². The summed E-state index contributed by atoms with van der Waals surface area (Å²) in [7, 11) is 1.63. The molecule has 0 aliphatic carbocycles. The number of hydrogen-bond donors (Lipinski definition) is 1. The predicted octanol–water partition coefficient (Wildman–Crippen LogP) is 3.96. The number of nitrogens with one attached hydrogen (secondary N) is 1. The summed E-state index contributed by atoms with van der Waals surface area (Å²) in [4.78, 5) is 12.5. The van der Waals surface area contributed by atoms with Gasteiger partial charge in [-0.25, -0.2) is 0 Å². The van der Waals surface area contributed by atoms with E-state index < -0.39 is 0 Å². The van der Waals surface area contributed by atoms with Gasteiger partial charge in [0.05, 0.1) is 19.6 Å². The largest absolute Gasteiger partial charge is 0.497 e. The number of benzene rings is 2. The highest BCUT2D eigenvalue weighted by molar-refractivity contribution is 5.79. The van der Waals surface area contributed by atoms with Crippen molar-refractivity contribution in [1.29, 1.82) is 0 Å². The molecule has 1 aliphatic rings. The van der Waals surface area contributed by atoms with Crippen molar-refractivity contribution < 1.29 is 14.3 Å². The summed E-state index contributed by atoms with van der Waals surface area (Å²) < 4.78 is 11.2. The summed E-state index contributed by atoms with van der Waals surface area (Å²) in [6.07, 6.45) is 1.10. The normalized spacial score (nSPS) is 18.0. The zero-order valence-electron chi connectivity index (χ0n) is 15.3. The molecule has 0 aromatic heterocycles. The van der Waals surface area contributed by atoms with Crippen LogP contribution in [0.3, 0.4) is 0 Å². The second-order valence-corrected chi connectivity index (χ2v) is 7.25. The first kappa shape index (κ1) is 17.3. The van der Waals surface area contributed by atoms with E-state index in [0.717, 1.165) is 34.6 Å².